The number of nitrogens with zero attached hydrogens (tertiary/aromatic N) is 1. The number of hydrogen-bond acceptors (Lipinski definition) is 4. The molecule has 122 valence electrons. The van der Waals surface area contributed by atoms with Crippen LogP contribution in [0.1, 0.15) is 6.92 Å². The van der Waals surface area contributed by atoms with Crippen LogP contribution in [0.25, 0.3) is 22.6 Å². The van der Waals surface area contributed by atoms with E-state index < -0.39 is 11.2 Å². The van der Waals surface area contributed by atoms with Crippen molar-refractivity contribution in [3.63, 3.8) is 0 Å². The van der Waals surface area contributed by atoms with E-state index in [2.05, 4.69) is 20.9 Å². The van der Waals surface area contributed by atoms with Gasteiger partial charge in [-0.05, 0) is 19.1 Å². The molecule has 0 aliphatic carbocycles. The fourth-order valence-corrected chi connectivity index (χ4v) is 3.25. The number of thioether (sulfide) groups is 1. The summed E-state index contributed by atoms with van der Waals surface area (Å²) in [4.78, 5) is 15.6. The molecule has 0 radical (unpaired) electrons. The van der Waals surface area contributed by atoms with Gasteiger partial charge >= 0.3 is 5.97 Å². The molecule has 0 amide bonds. The molecule has 0 saturated carbocycles. The van der Waals surface area contributed by atoms with Gasteiger partial charge in [0.2, 0.25) is 0 Å². The predicted octanol–water partition coefficient (Wildman–Crippen LogP) is 5.34. The molecule has 3 aromatic rings. The summed E-state index contributed by atoms with van der Waals surface area (Å²) in [6.45, 7) is 1.61. The van der Waals surface area contributed by atoms with E-state index in [1.807, 2.05) is 54.6 Å². The second kappa shape index (κ2) is 7.23. The van der Waals surface area contributed by atoms with Crippen LogP contribution in [0.3, 0.4) is 0 Å². The minimum absolute atomic E-state index is 0.346. The van der Waals surface area contributed by atoms with Crippen molar-refractivity contribution >= 4 is 33.7 Å². The topological polar surface area (TPSA) is 63.3 Å². The van der Waals surface area contributed by atoms with Gasteiger partial charge in [-0.3, -0.25) is 4.79 Å². The van der Waals surface area contributed by atoms with Crippen molar-refractivity contribution in [1.29, 1.82) is 0 Å². The molecule has 0 fully saturated rings. The molecule has 0 aliphatic rings. The van der Waals surface area contributed by atoms with E-state index in [1.54, 1.807) is 6.92 Å². The van der Waals surface area contributed by atoms with Crippen LogP contribution in [-0.2, 0) is 4.79 Å². The molecule has 0 saturated heterocycles. The second-order valence-electron chi connectivity index (χ2n) is 5.13. The summed E-state index contributed by atoms with van der Waals surface area (Å²) in [7, 11) is 0. The maximum Gasteiger partial charge on any atom is 0.316 e. The monoisotopic (exact) mass is 403 g/mol. The van der Waals surface area contributed by atoms with Crippen LogP contribution in [-0.4, -0.2) is 21.3 Å². The van der Waals surface area contributed by atoms with Gasteiger partial charge in [0.15, 0.2) is 5.76 Å². The first-order valence-corrected chi connectivity index (χ1v) is 8.93. The molecule has 0 spiro atoms. The standard InChI is InChI=1S/C18H14BrNO3S/c1-11(17(21)22)24-18-20-15(13-8-5-9-14(19)10-13)16(23-18)12-6-3-2-4-7-12/h2-11H,1H3,(H,21,22). The van der Waals surface area contributed by atoms with Crippen LogP contribution >= 0.6 is 27.7 Å². The van der Waals surface area contributed by atoms with E-state index in [4.69, 9.17) is 9.52 Å². The molecule has 1 unspecified atom stereocenters. The molecule has 1 aromatic heterocycles. The Hall–Kier alpha value is -2.05. The SMILES string of the molecule is CC(Sc1nc(-c2cccc(Br)c2)c(-c2ccccc2)o1)C(=O)O. The molecular formula is C18H14BrNO3S. The smallest absolute Gasteiger partial charge is 0.316 e. The van der Waals surface area contributed by atoms with Gasteiger partial charge in [0.05, 0.1) is 0 Å². The Labute approximate surface area is 152 Å². The number of carboxylic acids is 1. The number of halogens is 1. The van der Waals surface area contributed by atoms with Crippen molar-refractivity contribution in [2.24, 2.45) is 0 Å². The normalized spacial score (nSPS) is 12.1. The Kier molecular flexibility index (Phi) is 5.06. The van der Waals surface area contributed by atoms with Crippen LogP contribution < -0.4 is 0 Å². The lowest BCUT2D eigenvalue weighted by Crippen LogP contribution is -2.10. The third-order valence-corrected chi connectivity index (χ3v) is 4.79. The summed E-state index contributed by atoms with van der Waals surface area (Å²) in [5, 5.41) is 8.80. The highest BCUT2D eigenvalue weighted by atomic mass is 79.9. The van der Waals surface area contributed by atoms with E-state index >= 15 is 0 Å². The molecule has 2 aromatic carbocycles. The maximum absolute atomic E-state index is 11.1. The van der Waals surface area contributed by atoms with Crippen molar-refractivity contribution in [2.75, 3.05) is 0 Å². The van der Waals surface area contributed by atoms with Gasteiger partial charge in [0.25, 0.3) is 5.22 Å². The fourth-order valence-electron chi connectivity index (χ4n) is 2.17. The minimum atomic E-state index is -0.900. The lowest BCUT2D eigenvalue weighted by atomic mass is 10.1. The zero-order valence-corrected chi connectivity index (χ0v) is 15.2. The Morgan fingerprint density at radius 2 is 1.88 bits per heavy atom. The van der Waals surface area contributed by atoms with Gasteiger partial charge in [-0.25, -0.2) is 4.98 Å². The number of rotatable bonds is 5. The summed E-state index contributed by atoms with van der Waals surface area (Å²) in [6, 6.07) is 17.4. The van der Waals surface area contributed by atoms with E-state index in [1.165, 1.54) is 0 Å². The third kappa shape index (κ3) is 3.71. The van der Waals surface area contributed by atoms with Crippen LogP contribution in [0.5, 0.6) is 0 Å². The molecule has 4 nitrogen and oxygen atoms in total. The van der Waals surface area contributed by atoms with Crippen LogP contribution in [0, 0.1) is 0 Å². The average molecular weight is 404 g/mol. The lowest BCUT2D eigenvalue weighted by molar-refractivity contribution is -0.136. The van der Waals surface area contributed by atoms with Crippen molar-refractivity contribution in [3.8, 4) is 22.6 Å². The van der Waals surface area contributed by atoms with Gasteiger partial charge in [-0.1, -0.05) is 70.2 Å². The first-order valence-electron chi connectivity index (χ1n) is 7.26. The number of carbonyl (C=O) groups is 1. The van der Waals surface area contributed by atoms with Crippen LogP contribution in [0.15, 0.2) is 68.7 Å². The van der Waals surface area contributed by atoms with E-state index in [0.717, 1.165) is 27.4 Å². The summed E-state index contributed by atoms with van der Waals surface area (Å²) in [6.07, 6.45) is 0. The van der Waals surface area contributed by atoms with Crippen molar-refractivity contribution < 1.29 is 14.3 Å². The number of aromatic nitrogens is 1. The number of carboxylic acid groups (broad SMARTS) is 1. The highest BCUT2D eigenvalue weighted by Gasteiger charge is 2.21. The van der Waals surface area contributed by atoms with Crippen molar-refractivity contribution in [1.82, 2.24) is 4.98 Å². The quantitative estimate of drug-likeness (QED) is 0.582. The number of benzene rings is 2. The molecule has 0 bridgehead atoms. The highest BCUT2D eigenvalue weighted by Crippen LogP contribution is 2.37. The summed E-state index contributed by atoms with van der Waals surface area (Å²) in [5.41, 5.74) is 2.50. The average Bonchev–Trinajstić information content (AvgIpc) is 2.99. The summed E-state index contributed by atoms with van der Waals surface area (Å²) in [5.74, 6) is -0.266. The second-order valence-corrected chi connectivity index (χ2v) is 7.34. The molecular weight excluding hydrogens is 390 g/mol. The first kappa shape index (κ1) is 16.8. The van der Waals surface area contributed by atoms with Crippen LogP contribution in [0.4, 0.5) is 0 Å². The molecule has 1 N–H and O–H groups in total. The third-order valence-electron chi connectivity index (χ3n) is 3.37. The maximum atomic E-state index is 11.1. The van der Waals surface area contributed by atoms with Gasteiger partial charge < -0.3 is 9.52 Å². The lowest BCUT2D eigenvalue weighted by Gasteiger charge is -2.02. The largest absolute Gasteiger partial charge is 0.480 e. The number of oxazole rings is 1. The van der Waals surface area contributed by atoms with Gasteiger partial charge in [0.1, 0.15) is 10.9 Å². The van der Waals surface area contributed by atoms with E-state index in [9.17, 15) is 4.79 Å². The van der Waals surface area contributed by atoms with Crippen molar-refractivity contribution in [3.05, 3.63) is 59.1 Å². The number of hydrogen-bond donors (Lipinski definition) is 1. The Morgan fingerprint density at radius 1 is 1.17 bits per heavy atom. The van der Waals surface area contributed by atoms with Gasteiger partial charge in [-0.2, -0.15) is 0 Å². The predicted molar refractivity (Wildman–Crippen MR) is 98.0 cm³/mol. The molecule has 24 heavy (non-hydrogen) atoms. The van der Waals surface area contributed by atoms with E-state index in [0.29, 0.717) is 16.7 Å². The molecule has 1 atom stereocenters. The Morgan fingerprint density at radius 3 is 2.54 bits per heavy atom. The summed E-state index contributed by atoms with van der Waals surface area (Å²) >= 11 is 4.56. The fraction of sp³-hybridized carbons (Fsp3) is 0.111. The number of aliphatic carboxylic acids is 1. The van der Waals surface area contributed by atoms with Crippen LogP contribution in [0.2, 0.25) is 0 Å². The molecule has 0 aliphatic heterocycles. The zero-order valence-electron chi connectivity index (χ0n) is 12.8. The Bertz CT molecular complexity index is 864. The minimum Gasteiger partial charge on any atom is -0.480 e. The Balaban J connectivity index is 2.08. The molecule has 3 rings (SSSR count). The van der Waals surface area contributed by atoms with E-state index in [-0.39, 0.29) is 0 Å². The van der Waals surface area contributed by atoms with Crippen molar-refractivity contribution in [2.45, 2.75) is 17.4 Å². The summed E-state index contributed by atoms with van der Waals surface area (Å²) < 4.78 is 6.83. The molecule has 1 heterocycles. The highest BCUT2D eigenvalue weighted by molar-refractivity contribution is 9.10. The molecule has 6 heteroatoms. The first-order chi connectivity index (χ1) is 11.5. The van der Waals surface area contributed by atoms with Gasteiger partial charge in [0, 0.05) is 15.6 Å². The zero-order chi connectivity index (χ0) is 17.1. The van der Waals surface area contributed by atoms with Gasteiger partial charge in [-0.15, -0.1) is 0 Å².